The summed E-state index contributed by atoms with van der Waals surface area (Å²) in [7, 11) is 0. The van der Waals surface area contributed by atoms with Gasteiger partial charge in [0.1, 0.15) is 51.3 Å². The van der Waals surface area contributed by atoms with E-state index in [2.05, 4.69) is 135 Å². The third kappa shape index (κ3) is 19.2. The Morgan fingerprint density at radius 3 is 1.50 bits per heavy atom. The fourth-order valence-corrected chi connectivity index (χ4v) is 16.7. The number of phenolic OH excluding ortho intramolecular Hbond substituents is 4. The minimum atomic E-state index is -0.423. The van der Waals surface area contributed by atoms with Crippen LogP contribution in [0.15, 0.2) is 182 Å². The number of hydrogen-bond acceptors (Lipinski definition) is 22. The highest BCUT2D eigenvalue weighted by molar-refractivity contribution is 7.20. The van der Waals surface area contributed by atoms with Gasteiger partial charge in [-0.25, -0.2) is 19.9 Å². The average molecular weight is 1610 g/mol. The number of thiophene rings is 1. The third-order valence-corrected chi connectivity index (χ3v) is 22.0. The van der Waals surface area contributed by atoms with E-state index in [4.69, 9.17) is 10.8 Å². The molecule has 27 heteroatoms. The molecule has 8 heterocycles. The molecule has 22 nitrogen and oxygen atoms in total. The summed E-state index contributed by atoms with van der Waals surface area (Å²) in [5.74, 6) is 26.3. The molecule has 1 atom stereocenters. The molecular formula is C88H69N13O9S5. The molecule has 8 aromatic carbocycles. The fourth-order valence-electron chi connectivity index (χ4n) is 12.2. The number of benzene rings is 8. The van der Waals surface area contributed by atoms with Crippen LogP contribution in [0, 0.1) is 87.4 Å². The van der Waals surface area contributed by atoms with E-state index in [-0.39, 0.29) is 46.8 Å². The Balaban J connectivity index is 0.000000134. The fraction of sp³-hybridized carbons (Fsp3) is 0.114. The molecule has 1 aliphatic rings. The molecule has 1 unspecified atom stereocenters. The lowest BCUT2D eigenvalue weighted by molar-refractivity contribution is -0.116. The normalized spacial score (nSPS) is 11.5. The first-order chi connectivity index (χ1) is 55.7. The highest BCUT2D eigenvalue weighted by atomic mass is 32.1. The van der Waals surface area contributed by atoms with Crippen LogP contribution in [0.1, 0.15) is 53.4 Å². The SMILES string of the molecule is C#CC(=O)NCc1ccc2c(c1)NC(C#Cc1cc(O)c3nc(C)sc3c1)C2.C=CC(=O)Nc1c[nH]c2c(NCC#Cc3cc(O)c4nc(C)sc4c3)cccc12.C=CC(=O)Nc1coc2c(NCC#Cc3cc(O)c4nc(C)sc4c3)cccc12.C=CC(=O)Nc1csc2c(NCC#Cc3cc(O)c4nc(C)sc4c3)cccc12. The van der Waals surface area contributed by atoms with E-state index in [9.17, 15) is 39.6 Å². The van der Waals surface area contributed by atoms with Crippen LogP contribution in [0.4, 0.5) is 39.8 Å². The lowest BCUT2D eigenvalue weighted by Crippen LogP contribution is -2.20. The number of hydrogen-bond donors (Lipinski definition) is 13. The number of nitrogens with zero attached hydrogens (tertiary/aromatic N) is 4. The summed E-state index contributed by atoms with van der Waals surface area (Å²) in [5.41, 5.74) is 14.8. The molecule has 115 heavy (non-hydrogen) atoms. The summed E-state index contributed by atoms with van der Waals surface area (Å²) in [6.45, 7) is 19.7. The number of aryl methyl sites for hydroxylation is 4. The Labute approximate surface area is 679 Å². The predicted octanol–water partition coefficient (Wildman–Crippen LogP) is 17.1. The van der Waals surface area contributed by atoms with Crippen molar-refractivity contribution < 1.29 is 44.0 Å². The number of thiazole rings is 4. The molecule has 0 saturated carbocycles. The van der Waals surface area contributed by atoms with Crippen molar-refractivity contribution in [3.05, 3.63) is 231 Å². The lowest BCUT2D eigenvalue weighted by Gasteiger charge is -2.06. The van der Waals surface area contributed by atoms with Gasteiger partial charge in [0.2, 0.25) is 17.7 Å². The number of phenols is 4. The van der Waals surface area contributed by atoms with Crippen LogP contribution in [-0.4, -0.2) is 94.7 Å². The topological polar surface area (TPSA) is 326 Å². The minimum absolute atomic E-state index is 0.00779. The zero-order valence-corrected chi connectivity index (χ0v) is 66.1. The van der Waals surface area contributed by atoms with Crippen LogP contribution in [0.2, 0.25) is 0 Å². The van der Waals surface area contributed by atoms with Gasteiger partial charge in [-0.05, 0) is 142 Å². The molecule has 0 aliphatic carbocycles. The number of furan rings is 1. The number of aromatic hydroxyl groups is 4. The molecule has 0 saturated heterocycles. The van der Waals surface area contributed by atoms with Gasteiger partial charge in [-0.3, -0.25) is 19.2 Å². The van der Waals surface area contributed by atoms with Crippen molar-refractivity contribution >= 4 is 193 Å². The van der Waals surface area contributed by atoms with Crippen molar-refractivity contribution in [3.63, 3.8) is 0 Å². The number of terminal acetylenes is 1. The van der Waals surface area contributed by atoms with Crippen molar-refractivity contribution in [1.82, 2.24) is 30.2 Å². The van der Waals surface area contributed by atoms with Crippen molar-refractivity contribution in [1.29, 1.82) is 0 Å². The van der Waals surface area contributed by atoms with Crippen LogP contribution in [-0.2, 0) is 32.1 Å². The summed E-state index contributed by atoms with van der Waals surface area (Å²) in [6, 6.07) is 37.6. The number of para-hydroxylation sites is 2. The second-order valence-electron chi connectivity index (χ2n) is 25.4. The monoisotopic (exact) mass is 1610 g/mol. The molecule has 570 valence electrons. The number of anilines is 7. The summed E-state index contributed by atoms with van der Waals surface area (Å²) in [6.07, 6.45) is 12.8. The van der Waals surface area contributed by atoms with E-state index in [0.717, 1.165) is 128 Å². The third-order valence-electron chi connectivity index (χ3n) is 17.3. The Bertz CT molecular complexity index is 6240. The van der Waals surface area contributed by atoms with Gasteiger partial charge in [0.25, 0.3) is 5.91 Å². The Hall–Kier alpha value is -14.3. The van der Waals surface area contributed by atoms with Crippen LogP contribution >= 0.6 is 56.7 Å². The highest BCUT2D eigenvalue weighted by Crippen LogP contribution is 2.39. The van der Waals surface area contributed by atoms with Crippen LogP contribution < -0.4 is 42.5 Å². The Morgan fingerprint density at radius 1 is 0.539 bits per heavy atom. The molecule has 0 fully saturated rings. The van der Waals surface area contributed by atoms with Gasteiger partial charge in [-0.15, -0.1) is 63.1 Å². The molecule has 7 aromatic heterocycles. The van der Waals surface area contributed by atoms with E-state index in [1.807, 2.05) is 136 Å². The molecule has 0 bridgehead atoms. The van der Waals surface area contributed by atoms with Crippen molar-refractivity contribution in [3.8, 4) is 82.7 Å². The molecule has 0 radical (unpaired) electrons. The van der Waals surface area contributed by atoms with Gasteiger partial charge >= 0.3 is 0 Å². The van der Waals surface area contributed by atoms with E-state index in [1.165, 1.54) is 64.1 Å². The zero-order chi connectivity index (χ0) is 80.8. The molecule has 13 N–H and O–H groups in total. The van der Waals surface area contributed by atoms with E-state index in [0.29, 0.717) is 65.2 Å². The second kappa shape index (κ2) is 35.8. The number of amides is 4. The van der Waals surface area contributed by atoms with Gasteiger partial charge < -0.3 is 72.4 Å². The standard InChI is InChI=1S/C22H18N4O2S.C22H17N3O3S.C22H17N3O2S2.C22H17N3O2S/c1-3-20(28)26-17-12-24-21-15(17)7-4-8-16(21)23-9-5-6-14-10-18(27)22-19(11-14)29-13(2)25-22;2*1-3-20(27)25-17-12-28-22-15(17)7-4-8-16(22)23-9-5-6-14-10-18(26)21-19(11-14)29-13(2)24-21;1-3-21(27)23-12-15-4-6-16-11-17(25-18(16)8-15)7-5-14-9-19(26)22-20(10-14)28-13(2)24-22/h3-4,7-8,10-12,23-24,27H,1,9H2,2H3,(H,26,28);2*3-4,7-8,10-12,23,26H,1,9H2,2H3,(H,25,27);1,4,6,8-10,17,25-26H,11-12H2,2H3,(H,23,27). The van der Waals surface area contributed by atoms with Crippen molar-refractivity contribution in [2.45, 2.75) is 46.7 Å². The molecule has 1 aliphatic heterocycles. The zero-order valence-electron chi connectivity index (χ0n) is 62.0. The summed E-state index contributed by atoms with van der Waals surface area (Å²) in [5, 5.41) is 72.9. The minimum Gasteiger partial charge on any atom is -0.506 e. The molecule has 0 spiro atoms. The number of fused-ring (bicyclic) bond motifs is 8. The van der Waals surface area contributed by atoms with E-state index >= 15 is 0 Å². The highest BCUT2D eigenvalue weighted by Gasteiger charge is 2.21. The first-order valence-electron chi connectivity index (χ1n) is 35.3. The Morgan fingerprint density at radius 2 is 0.991 bits per heavy atom. The smallest absolute Gasteiger partial charge is 0.295 e. The number of nitrogens with one attached hydrogen (secondary N) is 9. The number of carbonyl (C=O) groups is 4. The maximum Gasteiger partial charge on any atom is 0.295 e. The lowest BCUT2D eigenvalue weighted by atomic mass is 10.1. The number of aromatic nitrogens is 5. The molecular weight excluding hydrogens is 1540 g/mol. The first-order valence-corrected chi connectivity index (χ1v) is 39.4. The van der Waals surface area contributed by atoms with E-state index < -0.39 is 5.91 Å². The molecule has 16 rings (SSSR count). The maximum atomic E-state index is 11.6. The number of H-pyrrole nitrogens is 1. The van der Waals surface area contributed by atoms with Crippen LogP contribution in [0.3, 0.4) is 0 Å². The van der Waals surface area contributed by atoms with E-state index in [1.54, 1.807) is 53.1 Å². The van der Waals surface area contributed by atoms with Crippen LogP contribution in [0.5, 0.6) is 23.0 Å². The largest absolute Gasteiger partial charge is 0.506 e. The van der Waals surface area contributed by atoms with Gasteiger partial charge in [-0.2, -0.15) is 0 Å². The van der Waals surface area contributed by atoms with Crippen LogP contribution in [0.25, 0.3) is 72.8 Å². The quantitative estimate of drug-likeness (QED) is 0.0355. The number of carbonyl (C=O) groups excluding carboxylic acids is 4. The van der Waals surface area contributed by atoms with Gasteiger partial charge in [0.05, 0.1) is 109 Å². The maximum absolute atomic E-state index is 11.6. The first kappa shape index (κ1) is 78.8. The number of aromatic amines is 1. The average Bonchev–Trinajstić information content (AvgIpc) is 1.72. The Kier molecular flexibility index (Phi) is 24.5. The second-order valence-corrected chi connectivity index (χ2v) is 31.2. The molecule has 15 aromatic rings. The predicted molar refractivity (Wildman–Crippen MR) is 468 cm³/mol. The van der Waals surface area contributed by atoms with Crippen molar-refractivity contribution in [2.24, 2.45) is 0 Å². The number of rotatable bonds is 14. The van der Waals surface area contributed by atoms with Gasteiger partial charge in [0.15, 0.2) is 5.58 Å². The summed E-state index contributed by atoms with van der Waals surface area (Å²) in [4.78, 5) is 66.3. The molecule has 4 amide bonds. The van der Waals surface area contributed by atoms with Gasteiger partial charge in [-0.1, -0.05) is 110 Å². The summed E-state index contributed by atoms with van der Waals surface area (Å²) >= 11 is 7.69. The van der Waals surface area contributed by atoms with Crippen molar-refractivity contribution in [2.75, 3.05) is 56.9 Å². The van der Waals surface area contributed by atoms with Gasteiger partial charge in [0, 0.05) is 68.6 Å². The summed E-state index contributed by atoms with van der Waals surface area (Å²) < 4.78 is 10.4.